The lowest BCUT2D eigenvalue weighted by Gasteiger charge is -2.21. The van der Waals surface area contributed by atoms with Gasteiger partial charge in [0, 0.05) is 25.1 Å². The van der Waals surface area contributed by atoms with Crippen LogP contribution < -0.4 is 5.73 Å². The predicted octanol–water partition coefficient (Wildman–Crippen LogP) is 2.58. The van der Waals surface area contributed by atoms with Crippen LogP contribution in [0.2, 0.25) is 0 Å². The quantitative estimate of drug-likeness (QED) is 0.862. The molecule has 0 aliphatic heterocycles. The maximum Gasteiger partial charge on any atom is 0.253 e. The summed E-state index contributed by atoms with van der Waals surface area (Å²) in [6.07, 6.45) is 0. The van der Waals surface area contributed by atoms with Crippen molar-refractivity contribution in [2.45, 2.75) is 6.92 Å². The Balaban J connectivity index is 2.80. The standard InChI is InChI=1S/C12H14BrFN2OS/c1-7(11(15)18)6-16(2)12(17)8-3-4-9(13)10(14)5-8/h3-5,7H,6H2,1-2H3,(H2,15,18). The number of halogens is 2. The zero-order chi connectivity index (χ0) is 13.9. The first-order valence-corrected chi connectivity index (χ1v) is 6.53. The van der Waals surface area contributed by atoms with Gasteiger partial charge in [0.2, 0.25) is 0 Å². The normalized spacial score (nSPS) is 12.0. The molecule has 0 aliphatic carbocycles. The molecule has 6 heteroatoms. The topological polar surface area (TPSA) is 46.3 Å². The van der Waals surface area contributed by atoms with Crippen LogP contribution in [0.25, 0.3) is 0 Å². The zero-order valence-electron chi connectivity index (χ0n) is 10.1. The summed E-state index contributed by atoms with van der Waals surface area (Å²) >= 11 is 7.89. The van der Waals surface area contributed by atoms with E-state index in [4.69, 9.17) is 18.0 Å². The maximum atomic E-state index is 13.3. The van der Waals surface area contributed by atoms with Crippen molar-refractivity contribution in [3.63, 3.8) is 0 Å². The molecule has 0 spiro atoms. The molecule has 1 aromatic rings. The van der Waals surface area contributed by atoms with E-state index in [2.05, 4.69) is 15.9 Å². The van der Waals surface area contributed by atoms with Crippen LogP contribution in [0.3, 0.4) is 0 Å². The third-order valence-electron chi connectivity index (χ3n) is 2.55. The number of amides is 1. The Kier molecular flexibility index (Phi) is 5.22. The lowest BCUT2D eigenvalue weighted by molar-refractivity contribution is 0.0786. The fraction of sp³-hybridized carbons (Fsp3) is 0.333. The molecule has 0 saturated heterocycles. The van der Waals surface area contributed by atoms with Crippen LogP contribution in [0.4, 0.5) is 4.39 Å². The van der Waals surface area contributed by atoms with Crippen LogP contribution in [-0.2, 0) is 0 Å². The largest absolute Gasteiger partial charge is 0.393 e. The molecule has 18 heavy (non-hydrogen) atoms. The summed E-state index contributed by atoms with van der Waals surface area (Å²) in [5.41, 5.74) is 5.79. The number of thiocarbonyl (C=S) groups is 1. The Hall–Kier alpha value is -1.01. The predicted molar refractivity (Wildman–Crippen MR) is 77.0 cm³/mol. The average molecular weight is 333 g/mol. The number of nitrogens with zero attached hydrogens (tertiary/aromatic N) is 1. The monoisotopic (exact) mass is 332 g/mol. The van der Waals surface area contributed by atoms with Gasteiger partial charge in [-0.1, -0.05) is 19.1 Å². The highest BCUT2D eigenvalue weighted by Gasteiger charge is 2.16. The van der Waals surface area contributed by atoms with Gasteiger partial charge in [0.25, 0.3) is 5.91 Å². The molecule has 0 saturated carbocycles. The molecule has 1 aromatic carbocycles. The second-order valence-corrected chi connectivity index (χ2v) is 5.44. The first-order chi connectivity index (χ1) is 8.32. The Morgan fingerprint density at radius 2 is 2.22 bits per heavy atom. The number of hydrogen-bond donors (Lipinski definition) is 1. The van der Waals surface area contributed by atoms with Gasteiger partial charge in [-0.05, 0) is 34.1 Å². The molecule has 1 rings (SSSR count). The van der Waals surface area contributed by atoms with Crippen LogP contribution in [0, 0.1) is 11.7 Å². The van der Waals surface area contributed by atoms with Crippen molar-refractivity contribution in [3.8, 4) is 0 Å². The fourth-order valence-electron chi connectivity index (χ4n) is 1.43. The molecule has 0 aliphatic rings. The third kappa shape index (κ3) is 3.74. The molecule has 1 amide bonds. The number of rotatable bonds is 4. The Morgan fingerprint density at radius 1 is 1.61 bits per heavy atom. The fourth-order valence-corrected chi connectivity index (χ4v) is 1.75. The molecule has 3 nitrogen and oxygen atoms in total. The average Bonchev–Trinajstić information content (AvgIpc) is 2.31. The molecular formula is C12H14BrFN2OS. The summed E-state index contributed by atoms with van der Waals surface area (Å²) < 4.78 is 13.7. The number of carbonyl (C=O) groups is 1. The number of benzene rings is 1. The van der Waals surface area contributed by atoms with Gasteiger partial charge in [0.1, 0.15) is 5.82 Å². The van der Waals surface area contributed by atoms with E-state index in [0.29, 0.717) is 21.6 Å². The van der Waals surface area contributed by atoms with Crippen molar-refractivity contribution in [2.75, 3.05) is 13.6 Å². The molecule has 1 unspecified atom stereocenters. The summed E-state index contributed by atoms with van der Waals surface area (Å²) in [7, 11) is 1.64. The number of nitrogens with two attached hydrogens (primary N) is 1. The Labute approximate surface area is 119 Å². The van der Waals surface area contributed by atoms with Crippen molar-refractivity contribution in [2.24, 2.45) is 11.7 Å². The van der Waals surface area contributed by atoms with E-state index in [9.17, 15) is 9.18 Å². The molecule has 0 bridgehead atoms. The van der Waals surface area contributed by atoms with Crippen molar-refractivity contribution >= 4 is 39.0 Å². The van der Waals surface area contributed by atoms with Gasteiger partial charge in [0.05, 0.1) is 9.46 Å². The molecule has 0 fully saturated rings. The minimum absolute atomic E-state index is 0.0748. The van der Waals surface area contributed by atoms with Crippen molar-refractivity contribution in [1.29, 1.82) is 0 Å². The Bertz CT molecular complexity index is 481. The highest BCUT2D eigenvalue weighted by Crippen LogP contribution is 2.17. The van der Waals surface area contributed by atoms with Crippen molar-refractivity contribution < 1.29 is 9.18 Å². The van der Waals surface area contributed by atoms with Crippen molar-refractivity contribution in [3.05, 3.63) is 34.1 Å². The summed E-state index contributed by atoms with van der Waals surface area (Å²) in [6.45, 7) is 2.25. The molecule has 0 aromatic heterocycles. The molecule has 1 atom stereocenters. The van der Waals surface area contributed by atoms with Crippen LogP contribution in [0.5, 0.6) is 0 Å². The van der Waals surface area contributed by atoms with Gasteiger partial charge < -0.3 is 10.6 Å². The first-order valence-electron chi connectivity index (χ1n) is 5.32. The van der Waals surface area contributed by atoms with Gasteiger partial charge >= 0.3 is 0 Å². The van der Waals surface area contributed by atoms with Gasteiger partial charge in [-0.3, -0.25) is 4.79 Å². The maximum absolute atomic E-state index is 13.3. The summed E-state index contributed by atoms with van der Waals surface area (Å²) in [6, 6.07) is 4.28. The van der Waals surface area contributed by atoms with E-state index in [0.717, 1.165) is 0 Å². The molecule has 0 radical (unpaired) electrons. The van der Waals surface area contributed by atoms with Gasteiger partial charge in [-0.25, -0.2) is 4.39 Å². The highest BCUT2D eigenvalue weighted by atomic mass is 79.9. The van der Waals surface area contributed by atoms with Crippen LogP contribution in [-0.4, -0.2) is 29.4 Å². The van der Waals surface area contributed by atoms with E-state index in [1.807, 2.05) is 6.92 Å². The van der Waals surface area contributed by atoms with Crippen LogP contribution >= 0.6 is 28.1 Å². The highest BCUT2D eigenvalue weighted by molar-refractivity contribution is 9.10. The number of carbonyl (C=O) groups excluding carboxylic acids is 1. The lowest BCUT2D eigenvalue weighted by Crippen LogP contribution is -2.35. The molecular weight excluding hydrogens is 319 g/mol. The van der Waals surface area contributed by atoms with Gasteiger partial charge in [-0.15, -0.1) is 0 Å². The second-order valence-electron chi connectivity index (χ2n) is 4.12. The summed E-state index contributed by atoms with van der Waals surface area (Å²) in [5, 5.41) is 0. The summed E-state index contributed by atoms with van der Waals surface area (Å²) in [4.78, 5) is 13.9. The van der Waals surface area contributed by atoms with E-state index >= 15 is 0 Å². The smallest absolute Gasteiger partial charge is 0.253 e. The van der Waals surface area contributed by atoms with E-state index in [1.165, 1.54) is 17.0 Å². The third-order valence-corrected chi connectivity index (χ3v) is 3.59. The minimum atomic E-state index is -0.461. The molecule has 0 heterocycles. The van der Waals surface area contributed by atoms with Gasteiger partial charge in [0.15, 0.2) is 0 Å². The Morgan fingerprint density at radius 3 is 2.72 bits per heavy atom. The first kappa shape index (κ1) is 15.0. The SMILES string of the molecule is CC(CN(C)C(=O)c1ccc(Br)c(F)c1)C(N)=S. The van der Waals surface area contributed by atoms with E-state index in [-0.39, 0.29) is 11.8 Å². The molecule has 2 N–H and O–H groups in total. The summed E-state index contributed by atoms with van der Waals surface area (Å²) in [5.74, 6) is -0.796. The van der Waals surface area contributed by atoms with Crippen LogP contribution in [0.1, 0.15) is 17.3 Å². The lowest BCUT2D eigenvalue weighted by atomic mass is 10.1. The number of hydrogen-bond acceptors (Lipinski definition) is 2. The minimum Gasteiger partial charge on any atom is -0.393 e. The van der Waals surface area contributed by atoms with Crippen LogP contribution in [0.15, 0.2) is 22.7 Å². The van der Waals surface area contributed by atoms with Crippen molar-refractivity contribution in [1.82, 2.24) is 4.90 Å². The second kappa shape index (κ2) is 6.24. The van der Waals surface area contributed by atoms with E-state index < -0.39 is 5.82 Å². The van der Waals surface area contributed by atoms with E-state index in [1.54, 1.807) is 13.1 Å². The molecule has 98 valence electrons. The zero-order valence-corrected chi connectivity index (χ0v) is 12.5. The van der Waals surface area contributed by atoms with Gasteiger partial charge in [-0.2, -0.15) is 0 Å².